The number of benzene rings is 28. The summed E-state index contributed by atoms with van der Waals surface area (Å²) in [5.41, 5.74) is 25.8. The van der Waals surface area contributed by atoms with E-state index in [9.17, 15) is 0 Å². The van der Waals surface area contributed by atoms with Gasteiger partial charge < -0.3 is 22.2 Å². The van der Waals surface area contributed by atoms with Gasteiger partial charge in [-0.05, 0) is 259 Å². The van der Waals surface area contributed by atoms with Crippen LogP contribution in [0.4, 0.5) is 0 Å². The summed E-state index contributed by atoms with van der Waals surface area (Å²) in [5.74, 6) is 0. The maximum absolute atomic E-state index is 6.70. The van der Waals surface area contributed by atoms with Crippen LogP contribution in [-0.2, 0) is 0 Å². The molecule has 34 rings (SSSR count). The minimum atomic E-state index is 0.904. The Hall–Kier alpha value is -19.5. The molecule has 150 heavy (non-hydrogen) atoms. The number of para-hydroxylation sites is 3. The van der Waals surface area contributed by atoms with Crippen molar-refractivity contribution in [2.45, 2.75) is 0 Å². The molecule has 0 fully saturated rings. The molecule has 28 aromatic carbocycles. The van der Waals surface area contributed by atoms with Crippen LogP contribution in [0, 0.1) is 0 Å². The first-order chi connectivity index (χ1) is 74.5. The normalized spacial score (nSPS) is 12.1. The van der Waals surface area contributed by atoms with Crippen LogP contribution in [0.3, 0.4) is 0 Å². The summed E-state index contributed by atoms with van der Waals surface area (Å²) in [4.78, 5) is 0. The summed E-state index contributed by atoms with van der Waals surface area (Å²) in [5, 5.41) is 43.9. The third-order valence-corrected chi connectivity index (χ3v) is 33.3. The zero-order chi connectivity index (χ0) is 98.0. The van der Waals surface area contributed by atoms with E-state index in [-0.39, 0.29) is 0 Å². The molecule has 0 atom stereocenters. The van der Waals surface area contributed by atoms with Crippen molar-refractivity contribution in [2.75, 3.05) is 0 Å². The molecule has 0 spiro atoms. The van der Waals surface area contributed by atoms with Crippen LogP contribution < -0.4 is 0 Å². The molecular formula is C144H83NO4S. The van der Waals surface area contributed by atoms with Crippen molar-refractivity contribution in [3.05, 3.63) is 504 Å². The number of aromatic nitrogens is 1. The van der Waals surface area contributed by atoms with Gasteiger partial charge in [-0.15, -0.1) is 11.3 Å². The molecule has 0 saturated heterocycles. The molecule has 6 heteroatoms. The highest BCUT2D eigenvalue weighted by molar-refractivity contribution is 7.26. The summed E-state index contributed by atoms with van der Waals surface area (Å²) in [6, 6.07) is 183. The topological polar surface area (TPSA) is 57.5 Å². The standard InChI is InChI=1S/C52H31NO.C46H26O2.C46H26OS/c1-3-17-39-35(13-1)36-14-2-8-22-44(36)52-51(39)45-31-33(27-30-48(45)54-52)50-42-20-6-4-18-40(42)49(41-19-5-7-21-43(41)50)32-25-28-34(29-26-32)53-46-23-11-9-15-37(46)38-16-10-12-24-47(38)53;1-3-14-32-29(11-1)30-12-2-8-19-37(30)46-45(32)39-26-28(22-24-42(39)48-46)44-35-17-6-4-15-33(35)43(34-16-5-7-18-36(34)44)27-21-23-41-38(25-27)31-13-9-10-20-40(31)47-41;1-3-15-31-28(12-1)29-13-2-8-20-36(29)45-44(31)39-26-27(24-25-40(39)47-45)42-32-16-4-6-18-34(32)43(35-19-7-5-17-33(35)42)38-22-11-21-37-30-14-9-10-23-41(30)48-46(37)38/h1-31H;2*1-26H. The minimum absolute atomic E-state index is 0.904. The van der Waals surface area contributed by atoms with E-state index in [1.165, 1.54) is 238 Å². The van der Waals surface area contributed by atoms with Crippen molar-refractivity contribution in [3.8, 4) is 72.4 Å². The van der Waals surface area contributed by atoms with Gasteiger partial charge in [0.05, 0.1) is 11.0 Å². The third-order valence-electron chi connectivity index (χ3n) is 32.0. The fourth-order valence-electron chi connectivity index (χ4n) is 25.7. The second-order valence-corrected chi connectivity index (χ2v) is 40.9. The Morgan fingerprint density at radius 1 is 0.147 bits per heavy atom. The smallest absolute Gasteiger partial charge is 0.143 e. The van der Waals surface area contributed by atoms with E-state index in [2.05, 4.69) is 496 Å². The number of nitrogens with zero attached hydrogens (tertiary/aromatic N) is 1. The lowest BCUT2D eigenvalue weighted by molar-refractivity contribution is 0.669. The summed E-state index contributed by atoms with van der Waals surface area (Å²) >= 11 is 1.90. The first kappa shape index (κ1) is 83.9. The van der Waals surface area contributed by atoms with Crippen molar-refractivity contribution in [1.82, 2.24) is 4.57 Å². The highest BCUT2D eigenvalue weighted by atomic mass is 32.1. The lowest BCUT2D eigenvalue weighted by Crippen LogP contribution is -1.94. The van der Waals surface area contributed by atoms with Gasteiger partial charge in [0.25, 0.3) is 0 Å². The van der Waals surface area contributed by atoms with Crippen molar-refractivity contribution in [2.24, 2.45) is 0 Å². The molecule has 5 nitrogen and oxygen atoms in total. The Labute approximate surface area is 862 Å². The van der Waals surface area contributed by atoms with Crippen molar-refractivity contribution in [3.63, 3.8) is 0 Å². The van der Waals surface area contributed by atoms with Crippen LogP contribution in [0.5, 0.6) is 0 Å². The average Bonchev–Trinajstić information content (AvgIpc) is 1.54. The summed E-state index contributed by atoms with van der Waals surface area (Å²) in [6.07, 6.45) is 0. The van der Waals surface area contributed by atoms with Gasteiger partial charge in [-0.1, -0.05) is 419 Å². The zero-order valence-corrected chi connectivity index (χ0v) is 81.7. The van der Waals surface area contributed by atoms with Crippen LogP contribution in [0.25, 0.3) is 331 Å². The van der Waals surface area contributed by atoms with E-state index in [0.717, 1.165) is 93.4 Å². The molecule has 34 aromatic rings. The fourth-order valence-corrected chi connectivity index (χ4v) is 26.9. The largest absolute Gasteiger partial charge is 0.456 e. The van der Waals surface area contributed by atoms with Gasteiger partial charge in [0, 0.05) is 101 Å². The first-order valence-corrected chi connectivity index (χ1v) is 52.3. The molecule has 0 N–H and O–H groups in total. The third kappa shape index (κ3) is 12.5. The molecule has 0 aliphatic carbocycles. The van der Waals surface area contributed by atoms with Crippen LogP contribution in [0.1, 0.15) is 0 Å². The van der Waals surface area contributed by atoms with E-state index < -0.39 is 0 Å². The monoisotopic (exact) mass is 1920 g/mol. The lowest BCUT2D eigenvalue weighted by atomic mass is 9.85. The van der Waals surface area contributed by atoms with Crippen molar-refractivity contribution in [1.29, 1.82) is 0 Å². The molecular weight excluding hydrogens is 1840 g/mol. The van der Waals surface area contributed by atoms with Gasteiger partial charge in [-0.3, -0.25) is 0 Å². The Balaban J connectivity index is 0.0000000995. The van der Waals surface area contributed by atoms with Crippen LogP contribution in [-0.4, -0.2) is 4.57 Å². The van der Waals surface area contributed by atoms with E-state index in [1.54, 1.807) is 0 Å². The number of hydrogen-bond acceptors (Lipinski definition) is 5. The summed E-state index contributed by atoms with van der Waals surface area (Å²) < 4.78 is 31.3. The second-order valence-electron chi connectivity index (χ2n) is 39.9. The molecule has 0 radical (unpaired) electrons. The molecule has 0 aliphatic heterocycles. The lowest BCUT2D eigenvalue weighted by Gasteiger charge is -2.18. The number of fused-ring (bicyclic) bond motifs is 39. The molecule has 0 amide bonds. The predicted octanol–water partition coefficient (Wildman–Crippen LogP) is 42.0. The van der Waals surface area contributed by atoms with Gasteiger partial charge in [0.15, 0.2) is 0 Å². The highest BCUT2D eigenvalue weighted by Gasteiger charge is 2.28. The SMILES string of the molecule is c1ccc2c(-c3ccc4oc5c6ccccc6c6ccccc6c5c4c3)c3ccccc3c(-c3ccc(-n4c5ccccc5c5ccccc54)cc3)c2c1.c1ccc2c(c1)oc1ccc(-c3c4ccccc4c(-c4ccc5oc6c7ccccc7c7ccccc7c6c5c4)c4ccccc34)cc12.c1ccc2c(c1)sc1c(-c3c4ccccc4c(-c4ccc5oc6c7ccccc7c7ccccc7c6c5c4)c4ccccc34)cccc12. The maximum atomic E-state index is 6.70. The Kier molecular flexibility index (Phi) is 18.5. The first-order valence-electron chi connectivity index (χ1n) is 51.5. The second kappa shape index (κ2) is 33.0. The molecule has 6 aromatic heterocycles. The van der Waals surface area contributed by atoms with Gasteiger partial charge >= 0.3 is 0 Å². The van der Waals surface area contributed by atoms with Gasteiger partial charge in [-0.25, -0.2) is 0 Å². The summed E-state index contributed by atoms with van der Waals surface area (Å²) in [7, 11) is 0. The molecule has 0 aliphatic rings. The van der Waals surface area contributed by atoms with E-state index in [4.69, 9.17) is 17.7 Å². The van der Waals surface area contributed by atoms with E-state index in [0.29, 0.717) is 0 Å². The molecule has 0 saturated carbocycles. The Morgan fingerprint density at radius 3 is 0.753 bits per heavy atom. The van der Waals surface area contributed by atoms with Gasteiger partial charge in [-0.2, -0.15) is 0 Å². The van der Waals surface area contributed by atoms with Crippen LogP contribution in [0.15, 0.2) is 521 Å². The van der Waals surface area contributed by atoms with E-state index >= 15 is 0 Å². The fraction of sp³-hybridized carbons (Fsp3) is 0. The number of furan rings is 4. The van der Waals surface area contributed by atoms with E-state index in [1.807, 2.05) is 23.5 Å². The average molecular weight is 1920 g/mol. The number of thiophene rings is 1. The predicted molar refractivity (Wildman–Crippen MR) is 638 cm³/mol. The highest BCUT2D eigenvalue weighted by Crippen LogP contribution is 2.55. The Bertz CT molecular complexity index is 11600. The summed E-state index contributed by atoms with van der Waals surface area (Å²) in [6.45, 7) is 0. The molecule has 6 heterocycles. The van der Waals surface area contributed by atoms with Gasteiger partial charge in [0.2, 0.25) is 0 Å². The van der Waals surface area contributed by atoms with Crippen LogP contribution in [0.2, 0.25) is 0 Å². The molecule has 0 unspecified atom stereocenters. The van der Waals surface area contributed by atoms with Crippen LogP contribution >= 0.6 is 11.3 Å². The molecule has 0 bridgehead atoms. The van der Waals surface area contributed by atoms with Crippen molar-refractivity contribution >= 4 is 270 Å². The number of rotatable bonds is 7. The molecule has 694 valence electrons. The zero-order valence-electron chi connectivity index (χ0n) is 80.9. The Morgan fingerprint density at radius 2 is 0.393 bits per heavy atom. The van der Waals surface area contributed by atoms with Crippen molar-refractivity contribution < 1.29 is 17.7 Å². The minimum Gasteiger partial charge on any atom is -0.456 e. The van der Waals surface area contributed by atoms with Gasteiger partial charge in [0.1, 0.15) is 44.7 Å². The maximum Gasteiger partial charge on any atom is 0.143 e. The quantitative estimate of drug-likeness (QED) is 0.118. The number of hydrogen-bond donors (Lipinski definition) is 0.